The second-order valence-electron chi connectivity index (χ2n) is 4.87. The van der Waals surface area contributed by atoms with Crippen LogP contribution in [0.5, 0.6) is 0 Å². The molecule has 2 unspecified atom stereocenters. The van der Waals surface area contributed by atoms with Crippen LogP contribution >= 0.6 is 11.8 Å². The van der Waals surface area contributed by atoms with Crippen molar-refractivity contribution in [1.82, 2.24) is 4.90 Å². The van der Waals surface area contributed by atoms with Crippen LogP contribution in [-0.2, 0) is 14.6 Å². The molecule has 0 bridgehead atoms. The van der Waals surface area contributed by atoms with Gasteiger partial charge in [0.15, 0.2) is 9.84 Å². The number of nitrogens with zero attached hydrogens (tertiary/aromatic N) is 1. The molecule has 1 N–H and O–H groups in total. The molecule has 1 aliphatic rings. The molecule has 0 saturated carbocycles. The smallest absolute Gasteiger partial charge is 0.232 e. The highest BCUT2D eigenvalue weighted by Crippen LogP contribution is 2.20. The quantitative estimate of drug-likeness (QED) is 0.742. The molecule has 1 saturated heterocycles. The molecule has 5 nitrogen and oxygen atoms in total. The van der Waals surface area contributed by atoms with Crippen molar-refractivity contribution in [2.45, 2.75) is 38.0 Å². The van der Waals surface area contributed by atoms with Crippen molar-refractivity contribution in [3.8, 4) is 0 Å². The van der Waals surface area contributed by atoms with Crippen LogP contribution in [0.3, 0.4) is 0 Å². The van der Waals surface area contributed by atoms with Gasteiger partial charge >= 0.3 is 0 Å². The van der Waals surface area contributed by atoms with Gasteiger partial charge in [0, 0.05) is 24.4 Å². The zero-order valence-corrected chi connectivity index (χ0v) is 13.2. The highest BCUT2D eigenvalue weighted by molar-refractivity contribution is 8.00. The number of carbonyl (C=O) groups excluding carboxylic acids is 1. The van der Waals surface area contributed by atoms with Crippen LogP contribution in [0, 0.1) is 0 Å². The Hall–Kier alpha value is -0.270. The molecule has 0 aromatic rings. The molecule has 1 amide bonds. The lowest BCUT2D eigenvalue weighted by atomic mass is 10.2. The van der Waals surface area contributed by atoms with E-state index in [-0.39, 0.29) is 35.3 Å². The first-order valence-corrected chi connectivity index (χ1v) is 9.49. The van der Waals surface area contributed by atoms with Crippen LogP contribution in [0.25, 0.3) is 0 Å². The Morgan fingerprint density at radius 2 is 2.21 bits per heavy atom. The first-order valence-electron chi connectivity index (χ1n) is 6.62. The van der Waals surface area contributed by atoms with Crippen LogP contribution in [0.1, 0.15) is 26.7 Å². The van der Waals surface area contributed by atoms with E-state index in [0.29, 0.717) is 25.1 Å². The maximum atomic E-state index is 12.1. The first-order chi connectivity index (χ1) is 8.89. The fourth-order valence-corrected chi connectivity index (χ4v) is 4.82. The van der Waals surface area contributed by atoms with Gasteiger partial charge in [0.2, 0.25) is 5.91 Å². The highest BCUT2D eigenvalue weighted by atomic mass is 32.2. The van der Waals surface area contributed by atoms with Crippen LogP contribution in [-0.4, -0.2) is 66.0 Å². The summed E-state index contributed by atoms with van der Waals surface area (Å²) in [5.41, 5.74) is 0. The summed E-state index contributed by atoms with van der Waals surface area (Å²) in [7, 11) is -2.96. The highest BCUT2D eigenvalue weighted by Gasteiger charge is 2.33. The van der Waals surface area contributed by atoms with Gasteiger partial charge in [-0.1, -0.05) is 6.92 Å². The van der Waals surface area contributed by atoms with E-state index >= 15 is 0 Å². The van der Waals surface area contributed by atoms with E-state index in [1.807, 2.05) is 13.8 Å². The van der Waals surface area contributed by atoms with E-state index in [1.54, 1.807) is 4.90 Å². The topological polar surface area (TPSA) is 74.7 Å². The molecule has 0 aromatic carbocycles. The predicted molar refractivity (Wildman–Crippen MR) is 78.1 cm³/mol. The maximum Gasteiger partial charge on any atom is 0.232 e. The molecule has 7 heteroatoms. The van der Waals surface area contributed by atoms with Crippen molar-refractivity contribution in [2.24, 2.45) is 0 Å². The van der Waals surface area contributed by atoms with Crippen molar-refractivity contribution in [3.05, 3.63) is 0 Å². The Morgan fingerprint density at radius 1 is 1.53 bits per heavy atom. The standard InChI is InChI=1S/C12H23NO4S2/c1-3-13(11-5-7-19(16,17)9-11)12(15)8-18-10(2)4-6-14/h10-11,14H,3-9H2,1-2H3. The van der Waals surface area contributed by atoms with E-state index in [9.17, 15) is 13.2 Å². The van der Waals surface area contributed by atoms with Gasteiger partial charge in [-0.25, -0.2) is 8.42 Å². The molecule has 0 aliphatic carbocycles. The summed E-state index contributed by atoms with van der Waals surface area (Å²) in [5, 5.41) is 9.05. The normalized spacial score (nSPS) is 23.2. The fraction of sp³-hybridized carbons (Fsp3) is 0.917. The number of thioether (sulfide) groups is 1. The number of amides is 1. The summed E-state index contributed by atoms with van der Waals surface area (Å²) in [6, 6.07) is -0.156. The lowest BCUT2D eigenvalue weighted by Crippen LogP contribution is -2.42. The minimum Gasteiger partial charge on any atom is -0.396 e. The van der Waals surface area contributed by atoms with Gasteiger partial charge in [-0.2, -0.15) is 0 Å². The molecule has 112 valence electrons. The fourth-order valence-electron chi connectivity index (χ4n) is 2.22. The van der Waals surface area contributed by atoms with E-state index in [4.69, 9.17) is 5.11 Å². The summed E-state index contributed by atoms with van der Waals surface area (Å²) in [6.45, 7) is 4.53. The lowest BCUT2D eigenvalue weighted by molar-refractivity contribution is -0.129. The zero-order valence-electron chi connectivity index (χ0n) is 11.5. The summed E-state index contributed by atoms with van der Waals surface area (Å²) < 4.78 is 22.9. The molecule has 2 atom stereocenters. The van der Waals surface area contributed by atoms with Gasteiger partial charge in [0.05, 0.1) is 17.3 Å². The van der Waals surface area contributed by atoms with Gasteiger partial charge < -0.3 is 10.0 Å². The number of sulfone groups is 1. The van der Waals surface area contributed by atoms with Gasteiger partial charge in [-0.15, -0.1) is 11.8 Å². The minimum absolute atomic E-state index is 0.000565. The van der Waals surface area contributed by atoms with Crippen LogP contribution in [0.15, 0.2) is 0 Å². The first kappa shape index (κ1) is 16.8. The summed E-state index contributed by atoms with van der Waals surface area (Å²) in [6.07, 6.45) is 1.22. The van der Waals surface area contributed by atoms with E-state index in [2.05, 4.69) is 0 Å². The van der Waals surface area contributed by atoms with Crippen molar-refractivity contribution in [2.75, 3.05) is 30.4 Å². The van der Waals surface area contributed by atoms with Crippen molar-refractivity contribution >= 4 is 27.5 Å². The molecule has 0 radical (unpaired) electrons. The summed E-state index contributed by atoms with van der Waals surface area (Å²) >= 11 is 1.51. The van der Waals surface area contributed by atoms with Gasteiger partial charge in [-0.3, -0.25) is 4.79 Å². The Kier molecular flexibility index (Phi) is 6.62. The molecule has 0 aromatic heterocycles. The van der Waals surface area contributed by atoms with E-state index in [1.165, 1.54) is 11.8 Å². The average Bonchev–Trinajstić information content (AvgIpc) is 2.68. The Bertz CT molecular complexity index is 397. The van der Waals surface area contributed by atoms with E-state index < -0.39 is 9.84 Å². The molecule has 19 heavy (non-hydrogen) atoms. The maximum absolute atomic E-state index is 12.1. The van der Waals surface area contributed by atoms with Crippen LogP contribution < -0.4 is 0 Å². The Balaban J connectivity index is 2.49. The number of carbonyl (C=O) groups is 1. The summed E-state index contributed by atoms with van der Waals surface area (Å²) in [5.74, 6) is 0.643. The van der Waals surface area contributed by atoms with Gasteiger partial charge in [-0.05, 0) is 19.8 Å². The zero-order chi connectivity index (χ0) is 14.5. The number of aliphatic hydroxyl groups is 1. The van der Waals surface area contributed by atoms with Crippen LogP contribution in [0.2, 0.25) is 0 Å². The third-order valence-corrected chi connectivity index (χ3v) is 6.31. The van der Waals surface area contributed by atoms with Gasteiger partial charge in [0.1, 0.15) is 0 Å². The third kappa shape index (κ3) is 5.31. The third-order valence-electron chi connectivity index (χ3n) is 3.34. The SMILES string of the molecule is CCN(C(=O)CSC(C)CCO)C1CCS(=O)(=O)C1. The Labute approximate surface area is 119 Å². The minimum atomic E-state index is -2.96. The van der Waals surface area contributed by atoms with Gasteiger partial charge in [0.25, 0.3) is 0 Å². The number of rotatable bonds is 7. The number of aliphatic hydroxyl groups excluding tert-OH is 1. The average molecular weight is 309 g/mol. The molecular formula is C12H23NO4S2. The molecule has 1 heterocycles. The summed E-state index contributed by atoms with van der Waals surface area (Å²) in [4.78, 5) is 13.8. The van der Waals surface area contributed by atoms with E-state index in [0.717, 1.165) is 0 Å². The van der Waals surface area contributed by atoms with Crippen molar-refractivity contribution in [1.29, 1.82) is 0 Å². The largest absolute Gasteiger partial charge is 0.396 e. The Morgan fingerprint density at radius 3 is 2.68 bits per heavy atom. The molecule has 1 rings (SSSR count). The van der Waals surface area contributed by atoms with Crippen molar-refractivity contribution < 1.29 is 18.3 Å². The second kappa shape index (κ2) is 7.50. The molecule has 1 aliphatic heterocycles. The van der Waals surface area contributed by atoms with Crippen molar-refractivity contribution in [3.63, 3.8) is 0 Å². The molecule has 0 spiro atoms. The predicted octanol–water partition coefficient (Wildman–Crippen LogP) is 0.526. The number of hydrogen-bond donors (Lipinski definition) is 1. The molecule has 1 fully saturated rings. The molecular weight excluding hydrogens is 286 g/mol. The van der Waals surface area contributed by atoms with Crippen LogP contribution in [0.4, 0.5) is 0 Å². The number of hydrogen-bond acceptors (Lipinski definition) is 5. The lowest BCUT2D eigenvalue weighted by Gasteiger charge is -2.27. The second-order valence-corrected chi connectivity index (χ2v) is 8.53. The monoisotopic (exact) mass is 309 g/mol.